The van der Waals surface area contributed by atoms with Gasteiger partial charge in [0.2, 0.25) is 0 Å². The predicted molar refractivity (Wildman–Crippen MR) is 105 cm³/mol. The molecule has 1 aliphatic rings. The molecule has 0 saturated carbocycles. The molecule has 1 fully saturated rings. The zero-order valence-electron chi connectivity index (χ0n) is 16.4. The summed E-state index contributed by atoms with van der Waals surface area (Å²) in [6.07, 6.45) is 2.53. The zero-order chi connectivity index (χ0) is 18.6. The molecule has 2 rings (SSSR count). The Morgan fingerprint density at radius 3 is 2.77 bits per heavy atom. The van der Waals surface area contributed by atoms with Crippen LogP contribution in [0.1, 0.15) is 32.3 Å². The number of nitrogens with zero attached hydrogens (tertiary/aromatic N) is 2. The standard InChI is InChI=1S/C20H33N3O3/c1-4-21-20(22-12-14-24-16-19-7-6-13-26-19)23(3)15-17-8-10-18(11-9-17)25-5-2/h8-11,19H,4-7,12-16H2,1-3H3,(H,21,22). The Balaban J connectivity index is 1.77. The average molecular weight is 364 g/mol. The molecule has 1 saturated heterocycles. The molecule has 1 aromatic carbocycles. The lowest BCUT2D eigenvalue weighted by atomic mass is 10.2. The van der Waals surface area contributed by atoms with Crippen LogP contribution in [-0.2, 0) is 16.0 Å². The maximum Gasteiger partial charge on any atom is 0.194 e. The second kappa shape index (κ2) is 11.8. The number of guanidine groups is 1. The Bertz CT molecular complexity index is 528. The van der Waals surface area contributed by atoms with Crippen LogP contribution in [0.2, 0.25) is 0 Å². The van der Waals surface area contributed by atoms with E-state index in [0.717, 1.165) is 44.2 Å². The average Bonchev–Trinajstić information content (AvgIpc) is 3.16. The van der Waals surface area contributed by atoms with E-state index in [9.17, 15) is 0 Å². The number of aliphatic imine (C=N–C) groups is 1. The van der Waals surface area contributed by atoms with Crippen LogP contribution in [-0.4, -0.2) is 63.5 Å². The van der Waals surface area contributed by atoms with Crippen LogP contribution in [0.25, 0.3) is 0 Å². The van der Waals surface area contributed by atoms with Crippen LogP contribution in [0.3, 0.4) is 0 Å². The molecule has 0 aliphatic carbocycles. The minimum Gasteiger partial charge on any atom is -0.494 e. The molecule has 6 nitrogen and oxygen atoms in total. The van der Waals surface area contributed by atoms with Gasteiger partial charge in [-0.1, -0.05) is 12.1 Å². The smallest absolute Gasteiger partial charge is 0.194 e. The van der Waals surface area contributed by atoms with Crippen LogP contribution in [0.5, 0.6) is 5.75 Å². The second-order valence-corrected chi connectivity index (χ2v) is 6.38. The van der Waals surface area contributed by atoms with E-state index in [1.165, 1.54) is 5.56 Å². The van der Waals surface area contributed by atoms with Gasteiger partial charge in [0.1, 0.15) is 5.75 Å². The number of rotatable bonds is 10. The Kier molecular flexibility index (Phi) is 9.28. The highest BCUT2D eigenvalue weighted by atomic mass is 16.5. The van der Waals surface area contributed by atoms with Gasteiger partial charge in [-0.05, 0) is 44.4 Å². The number of ether oxygens (including phenoxy) is 3. The van der Waals surface area contributed by atoms with E-state index < -0.39 is 0 Å². The Hall–Kier alpha value is -1.79. The lowest BCUT2D eigenvalue weighted by molar-refractivity contribution is 0.0199. The number of hydrogen-bond donors (Lipinski definition) is 1. The van der Waals surface area contributed by atoms with Crippen molar-refractivity contribution in [3.05, 3.63) is 29.8 Å². The normalized spacial score (nSPS) is 17.3. The Morgan fingerprint density at radius 2 is 2.12 bits per heavy atom. The van der Waals surface area contributed by atoms with E-state index >= 15 is 0 Å². The maximum absolute atomic E-state index is 5.69. The van der Waals surface area contributed by atoms with Gasteiger partial charge in [-0.2, -0.15) is 0 Å². The van der Waals surface area contributed by atoms with Crippen molar-refractivity contribution >= 4 is 5.96 Å². The van der Waals surface area contributed by atoms with Crippen LogP contribution >= 0.6 is 0 Å². The minimum absolute atomic E-state index is 0.273. The van der Waals surface area contributed by atoms with Gasteiger partial charge < -0.3 is 24.4 Å². The molecule has 1 aliphatic heterocycles. The number of nitrogens with one attached hydrogen (secondary N) is 1. The quantitative estimate of drug-likeness (QED) is 0.393. The minimum atomic E-state index is 0.273. The predicted octanol–water partition coefficient (Wildman–Crippen LogP) is 2.68. The fraction of sp³-hybridized carbons (Fsp3) is 0.650. The Labute approximate surface area is 157 Å². The summed E-state index contributed by atoms with van der Waals surface area (Å²) in [4.78, 5) is 6.79. The molecule has 1 N–H and O–H groups in total. The first kappa shape index (κ1) is 20.5. The first-order valence-corrected chi connectivity index (χ1v) is 9.63. The molecule has 26 heavy (non-hydrogen) atoms. The van der Waals surface area contributed by atoms with Gasteiger partial charge >= 0.3 is 0 Å². The van der Waals surface area contributed by atoms with Crippen molar-refractivity contribution in [3.63, 3.8) is 0 Å². The molecule has 1 atom stereocenters. The summed E-state index contributed by atoms with van der Waals surface area (Å²) in [5, 5.41) is 3.34. The molecule has 0 bridgehead atoms. The topological polar surface area (TPSA) is 55.3 Å². The first-order valence-electron chi connectivity index (χ1n) is 9.63. The van der Waals surface area contributed by atoms with Crippen LogP contribution in [0.4, 0.5) is 0 Å². The number of hydrogen-bond acceptors (Lipinski definition) is 4. The van der Waals surface area contributed by atoms with Crippen molar-refractivity contribution < 1.29 is 14.2 Å². The van der Waals surface area contributed by atoms with Crippen LogP contribution in [0, 0.1) is 0 Å². The van der Waals surface area contributed by atoms with Crippen molar-refractivity contribution in [2.24, 2.45) is 4.99 Å². The molecule has 1 aromatic rings. The van der Waals surface area contributed by atoms with Crippen molar-refractivity contribution in [1.82, 2.24) is 10.2 Å². The van der Waals surface area contributed by atoms with E-state index in [1.807, 2.05) is 26.1 Å². The lowest BCUT2D eigenvalue weighted by Gasteiger charge is -2.22. The third-order valence-corrected chi connectivity index (χ3v) is 4.18. The zero-order valence-corrected chi connectivity index (χ0v) is 16.4. The maximum atomic E-state index is 5.69. The van der Waals surface area contributed by atoms with Crippen molar-refractivity contribution in [2.75, 3.05) is 46.6 Å². The van der Waals surface area contributed by atoms with Crippen LogP contribution < -0.4 is 10.1 Å². The third kappa shape index (κ3) is 7.22. The summed E-state index contributed by atoms with van der Waals surface area (Å²) in [6, 6.07) is 8.21. The summed E-state index contributed by atoms with van der Waals surface area (Å²) >= 11 is 0. The molecule has 146 valence electrons. The summed E-state index contributed by atoms with van der Waals surface area (Å²) in [6.45, 7) is 9.18. The highest BCUT2D eigenvalue weighted by Crippen LogP contribution is 2.13. The fourth-order valence-corrected chi connectivity index (χ4v) is 2.88. The van der Waals surface area contributed by atoms with E-state index in [0.29, 0.717) is 26.4 Å². The van der Waals surface area contributed by atoms with Gasteiger partial charge in [-0.15, -0.1) is 0 Å². The highest BCUT2D eigenvalue weighted by molar-refractivity contribution is 5.79. The van der Waals surface area contributed by atoms with Gasteiger partial charge in [0.05, 0.1) is 32.5 Å². The molecule has 6 heteroatoms. The van der Waals surface area contributed by atoms with Gasteiger partial charge in [0.25, 0.3) is 0 Å². The fourth-order valence-electron chi connectivity index (χ4n) is 2.88. The lowest BCUT2D eigenvalue weighted by Crippen LogP contribution is -2.38. The van der Waals surface area contributed by atoms with Crippen LogP contribution in [0.15, 0.2) is 29.3 Å². The molecule has 0 radical (unpaired) electrons. The summed E-state index contributed by atoms with van der Waals surface area (Å²) < 4.78 is 16.7. The highest BCUT2D eigenvalue weighted by Gasteiger charge is 2.15. The molecule has 0 aromatic heterocycles. The Morgan fingerprint density at radius 1 is 1.31 bits per heavy atom. The molecule has 0 amide bonds. The SMILES string of the molecule is CCNC(=NCCOCC1CCCO1)N(C)Cc1ccc(OCC)cc1. The molecule has 1 heterocycles. The van der Waals surface area contributed by atoms with Gasteiger partial charge in [0.15, 0.2) is 5.96 Å². The first-order chi connectivity index (χ1) is 12.7. The van der Waals surface area contributed by atoms with E-state index in [1.54, 1.807) is 0 Å². The van der Waals surface area contributed by atoms with Crippen molar-refractivity contribution in [2.45, 2.75) is 39.3 Å². The molecular weight excluding hydrogens is 330 g/mol. The molecule has 1 unspecified atom stereocenters. The summed E-state index contributed by atoms with van der Waals surface area (Å²) in [5.74, 6) is 1.80. The van der Waals surface area contributed by atoms with E-state index in [-0.39, 0.29) is 6.10 Å². The number of benzene rings is 1. The van der Waals surface area contributed by atoms with Crippen molar-refractivity contribution in [1.29, 1.82) is 0 Å². The molecular formula is C20H33N3O3. The third-order valence-electron chi connectivity index (χ3n) is 4.18. The molecule has 0 spiro atoms. The summed E-state index contributed by atoms with van der Waals surface area (Å²) in [7, 11) is 2.05. The van der Waals surface area contributed by atoms with Crippen molar-refractivity contribution in [3.8, 4) is 5.75 Å². The van der Waals surface area contributed by atoms with E-state index in [4.69, 9.17) is 14.2 Å². The van der Waals surface area contributed by atoms with Gasteiger partial charge in [0, 0.05) is 26.7 Å². The van der Waals surface area contributed by atoms with Gasteiger partial charge in [-0.25, -0.2) is 0 Å². The largest absolute Gasteiger partial charge is 0.494 e. The second-order valence-electron chi connectivity index (χ2n) is 6.38. The monoisotopic (exact) mass is 363 g/mol. The summed E-state index contributed by atoms with van der Waals surface area (Å²) in [5.41, 5.74) is 1.22. The van der Waals surface area contributed by atoms with Gasteiger partial charge in [-0.3, -0.25) is 4.99 Å². The van der Waals surface area contributed by atoms with E-state index in [2.05, 4.69) is 34.3 Å².